The third kappa shape index (κ3) is 3.43. The van der Waals surface area contributed by atoms with Gasteiger partial charge in [0, 0.05) is 16.2 Å². The number of rotatable bonds is 3. The average molecular weight is 353 g/mol. The smallest absolute Gasteiger partial charge is 0.306 e. The Kier molecular flexibility index (Phi) is 4.32. The van der Waals surface area contributed by atoms with E-state index in [0.717, 1.165) is 17.7 Å². The Balaban J connectivity index is 2.27. The Labute approximate surface area is 128 Å². The molecule has 21 heavy (non-hydrogen) atoms. The second-order valence-electron chi connectivity index (χ2n) is 4.36. The van der Waals surface area contributed by atoms with Crippen LogP contribution in [0.2, 0.25) is 0 Å². The first-order valence-electron chi connectivity index (χ1n) is 5.90. The van der Waals surface area contributed by atoms with E-state index in [4.69, 9.17) is 0 Å². The lowest BCUT2D eigenvalue weighted by Crippen LogP contribution is -2.13. The van der Waals surface area contributed by atoms with Crippen molar-refractivity contribution in [3.63, 3.8) is 0 Å². The molecule has 0 heterocycles. The van der Waals surface area contributed by atoms with Gasteiger partial charge in [0.15, 0.2) is 0 Å². The molecule has 0 unspecified atom stereocenters. The number of hydrogen-bond acceptors (Lipinski definition) is 3. The Morgan fingerprint density at radius 2 is 2.00 bits per heavy atom. The zero-order valence-corrected chi connectivity index (χ0v) is 12.5. The van der Waals surface area contributed by atoms with Gasteiger partial charge in [0.1, 0.15) is 0 Å². The minimum absolute atomic E-state index is 0.153. The van der Waals surface area contributed by atoms with E-state index in [-0.39, 0.29) is 5.69 Å². The van der Waals surface area contributed by atoms with Gasteiger partial charge < -0.3 is 5.32 Å². The molecule has 0 aromatic heterocycles. The van der Waals surface area contributed by atoms with Gasteiger partial charge in [-0.1, -0.05) is 6.07 Å². The van der Waals surface area contributed by atoms with Gasteiger partial charge in [0.2, 0.25) is 5.82 Å². The minimum Gasteiger partial charge on any atom is -0.322 e. The molecule has 2 rings (SSSR count). The number of benzene rings is 2. The maximum atomic E-state index is 13.2. The number of amides is 1. The molecule has 108 valence electrons. The van der Waals surface area contributed by atoms with Gasteiger partial charge in [-0.25, -0.2) is 0 Å². The highest BCUT2D eigenvalue weighted by atomic mass is 79.9. The van der Waals surface area contributed by atoms with Crippen molar-refractivity contribution >= 4 is 33.2 Å². The fourth-order valence-corrected chi connectivity index (χ4v) is 2.41. The second kappa shape index (κ2) is 6.01. The number of halogens is 2. The van der Waals surface area contributed by atoms with E-state index in [1.165, 1.54) is 6.07 Å². The zero-order chi connectivity index (χ0) is 15.6. The highest BCUT2D eigenvalue weighted by Crippen LogP contribution is 2.24. The monoisotopic (exact) mass is 352 g/mol. The second-order valence-corrected chi connectivity index (χ2v) is 5.22. The number of nitrogens with one attached hydrogen (secondary N) is 1. The Morgan fingerprint density at radius 3 is 2.62 bits per heavy atom. The molecule has 0 saturated heterocycles. The molecule has 0 spiro atoms. The number of carbonyl (C=O) groups is 1. The molecular formula is C14H10BrFN2O3. The zero-order valence-electron chi connectivity index (χ0n) is 10.9. The third-order valence-electron chi connectivity index (χ3n) is 2.77. The third-order valence-corrected chi connectivity index (χ3v) is 3.43. The van der Waals surface area contributed by atoms with Crippen molar-refractivity contribution in [2.24, 2.45) is 0 Å². The summed E-state index contributed by atoms with van der Waals surface area (Å²) in [7, 11) is 0. The van der Waals surface area contributed by atoms with Gasteiger partial charge in [-0.05, 0) is 52.7 Å². The SMILES string of the molecule is Cc1ccc(C(=O)Nc2ccc(F)c([N+](=O)[O-])c2)c(Br)c1. The number of hydrogen-bond donors (Lipinski definition) is 1. The first-order valence-corrected chi connectivity index (χ1v) is 6.69. The summed E-state index contributed by atoms with van der Waals surface area (Å²) in [6, 6.07) is 8.37. The molecule has 1 amide bonds. The number of nitrogens with zero attached hydrogens (tertiary/aromatic N) is 1. The molecule has 5 nitrogen and oxygen atoms in total. The summed E-state index contributed by atoms with van der Waals surface area (Å²) in [5.41, 5.74) is 0.833. The van der Waals surface area contributed by atoms with E-state index >= 15 is 0 Å². The van der Waals surface area contributed by atoms with Crippen LogP contribution in [0.15, 0.2) is 40.9 Å². The van der Waals surface area contributed by atoms with Gasteiger partial charge in [0.25, 0.3) is 5.91 Å². The fourth-order valence-electron chi connectivity index (χ4n) is 1.73. The van der Waals surface area contributed by atoms with Crippen molar-refractivity contribution in [2.75, 3.05) is 5.32 Å². The number of nitro groups is 1. The van der Waals surface area contributed by atoms with Gasteiger partial charge in [-0.3, -0.25) is 14.9 Å². The van der Waals surface area contributed by atoms with E-state index in [9.17, 15) is 19.3 Å². The first kappa shape index (κ1) is 15.1. The van der Waals surface area contributed by atoms with Crippen molar-refractivity contribution in [3.8, 4) is 0 Å². The Bertz CT molecular complexity index is 734. The molecule has 0 saturated carbocycles. The van der Waals surface area contributed by atoms with E-state index in [1.54, 1.807) is 18.2 Å². The summed E-state index contributed by atoms with van der Waals surface area (Å²) < 4.78 is 13.8. The summed E-state index contributed by atoms with van der Waals surface area (Å²) in [6.45, 7) is 1.88. The lowest BCUT2D eigenvalue weighted by molar-refractivity contribution is -0.387. The van der Waals surface area contributed by atoms with Crippen molar-refractivity contribution in [1.29, 1.82) is 0 Å². The Hall–Kier alpha value is -2.28. The van der Waals surface area contributed by atoms with Crippen molar-refractivity contribution < 1.29 is 14.1 Å². The molecule has 0 atom stereocenters. The standard InChI is InChI=1S/C14H10BrFN2O3/c1-8-2-4-10(11(15)6-8)14(19)17-9-3-5-12(16)13(7-9)18(20)21/h2-7H,1H3,(H,17,19). The van der Waals surface area contributed by atoms with Crippen LogP contribution in [0.3, 0.4) is 0 Å². The highest BCUT2D eigenvalue weighted by molar-refractivity contribution is 9.10. The maximum absolute atomic E-state index is 13.2. The van der Waals surface area contributed by atoms with E-state index in [0.29, 0.717) is 10.0 Å². The fraction of sp³-hybridized carbons (Fsp3) is 0.0714. The summed E-state index contributed by atoms with van der Waals surface area (Å²) in [6.07, 6.45) is 0. The van der Waals surface area contributed by atoms with Crippen LogP contribution in [0, 0.1) is 22.9 Å². The molecule has 7 heteroatoms. The molecule has 1 N–H and O–H groups in total. The highest BCUT2D eigenvalue weighted by Gasteiger charge is 2.16. The van der Waals surface area contributed by atoms with Crippen molar-refractivity contribution in [1.82, 2.24) is 0 Å². The molecule has 0 aliphatic carbocycles. The molecule has 0 fully saturated rings. The van der Waals surface area contributed by atoms with Crippen LogP contribution >= 0.6 is 15.9 Å². The van der Waals surface area contributed by atoms with Crippen LogP contribution in [0.1, 0.15) is 15.9 Å². The summed E-state index contributed by atoms with van der Waals surface area (Å²) in [5, 5.41) is 13.2. The van der Waals surface area contributed by atoms with E-state index < -0.39 is 22.3 Å². The van der Waals surface area contributed by atoms with Crippen LogP contribution in [-0.2, 0) is 0 Å². The molecule has 0 aliphatic heterocycles. The molecular weight excluding hydrogens is 343 g/mol. The van der Waals surface area contributed by atoms with Crippen LogP contribution in [0.4, 0.5) is 15.8 Å². The molecule has 2 aromatic carbocycles. The van der Waals surface area contributed by atoms with Gasteiger partial charge >= 0.3 is 5.69 Å². The molecule has 2 aromatic rings. The molecule has 0 radical (unpaired) electrons. The summed E-state index contributed by atoms with van der Waals surface area (Å²) in [5.74, 6) is -1.39. The van der Waals surface area contributed by atoms with Crippen LogP contribution in [-0.4, -0.2) is 10.8 Å². The van der Waals surface area contributed by atoms with Crippen LogP contribution in [0.5, 0.6) is 0 Å². The summed E-state index contributed by atoms with van der Waals surface area (Å²) in [4.78, 5) is 21.9. The maximum Gasteiger partial charge on any atom is 0.306 e. The quantitative estimate of drug-likeness (QED) is 0.668. The normalized spacial score (nSPS) is 10.2. The lowest BCUT2D eigenvalue weighted by Gasteiger charge is -2.07. The van der Waals surface area contributed by atoms with E-state index in [2.05, 4.69) is 21.2 Å². The van der Waals surface area contributed by atoms with E-state index in [1.807, 2.05) is 6.92 Å². The largest absolute Gasteiger partial charge is 0.322 e. The molecule has 0 bridgehead atoms. The predicted molar refractivity (Wildman–Crippen MR) is 79.9 cm³/mol. The van der Waals surface area contributed by atoms with Gasteiger partial charge in [-0.15, -0.1) is 0 Å². The number of carbonyl (C=O) groups excluding carboxylic acids is 1. The first-order chi connectivity index (χ1) is 9.88. The number of nitro benzene ring substituents is 1. The van der Waals surface area contributed by atoms with Crippen LogP contribution < -0.4 is 5.32 Å². The number of anilines is 1. The lowest BCUT2D eigenvalue weighted by atomic mass is 10.1. The Morgan fingerprint density at radius 1 is 1.29 bits per heavy atom. The van der Waals surface area contributed by atoms with Gasteiger partial charge in [0.05, 0.1) is 10.5 Å². The van der Waals surface area contributed by atoms with Gasteiger partial charge in [-0.2, -0.15) is 4.39 Å². The summed E-state index contributed by atoms with van der Waals surface area (Å²) >= 11 is 3.28. The predicted octanol–water partition coefficient (Wildman–Crippen LogP) is 4.06. The number of aryl methyl sites for hydroxylation is 1. The van der Waals surface area contributed by atoms with Crippen molar-refractivity contribution in [2.45, 2.75) is 6.92 Å². The van der Waals surface area contributed by atoms with Crippen molar-refractivity contribution in [3.05, 3.63) is 67.9 Å². The average Bonchev–Trinajstić information content (AvgIpc) is 2.40. The van der Waals surface area contributed by atoms with Crippen LogP contribution in [0.25, 0.3) is 0 Å². The molecule has 0 aliphatic rings. The minimum atomic E-state index is -0.950. The topological polar surface area (TPSA) is 72.2 Å².